The SMILES string of the molecule is CCCOc1ccc(C(O)C(=O)O)cc1. The van der Waals surface area contributed by atoms with Crippen LogP contribution in [0.15, 0.2) is 24.3 Å². The number of carboxylic acid groups (broad SMARTS) is 1. The molecule has 0 spiro atoms. The summed E-state index contributed by atoms with van der Waals surface area (Å²) >= 11 is 0. The molecule has 0 aliphatic rings. The number of aliphatic hydroxyl groups is 1. The summed E-state index contributed by atoms with van der Waals surface area (Å²) in [5.41, 5.74) is 0.353. The van der Waals surface area contributed by atoms with Gasteiger partial charge in [0.2, 0.25) is 0 Å². The van der Waals surface area contributed by atoms with Crippen LogP contribution < -0.4 is 4.74 Å². The van der Waals surface area contributed by atoms with E-state index in [9.17, 15) is 9.90 Å². The second kappa shape index (κ2) is 5.36. The van der Waals surface area contributed by atoms with Crippen LogP contribution in [0.3, 0.4) is 0 Å². The van der Waals surface area contributed by atoms with Crippen molar-refractivity contribution in [2.24, 2.45) is 0 Å². The molecule has 0 aromatic heterocycles. The lowest BCUT2D eigenvalue weighted by Crippen LogP contribution is -2.10. The molecule has 82 valence electrons. The van der Waals surface area contributed by atoms with Gasteiger partial charge in [0.05, 0.1) is 6.61 Å². The zero-order valence-corrected chi connectivity index (χ0v) is 8.51. The van der Waals surface area contributed by atoms with Crippen LogP contribution in [0, 0.1) is 0 Å². The molecule has 0 heterocycles. The van der Waals surface area contributed by atoms with Gasteiger partial charge in [0.25, 0.3) is 0 Å². The van der Waals surface area contributed by atoms with Crippen LogP contribution in [0.25, 0.3) is 0 Å². The fourth-order valence-corrected chi connectivity index (χ4v) is 1.11. The van der Waals surface area contributed by atoms with E-state index in [2.05, 4.69) is 0 Å². The summed E-state index contributed by atoms with van der Waals surface area (Å²) in [5.74, 6) is -0.574. The molecule has 1 aromatic rings. The molecular weight excluding hydrogens is 196 g/mol. The van der Waals surface area contributed by atoms with E-state index in [-0.39, 0.29) is 0 Å². The normalized spacial score (nSPS) is 12.1. The minimum absolute atomic E-state index is 0.353. The third-order valence-electron chi connectivity index (χ3n) is 1.90. The second-order valence-electron chi connectivity index (χ2n) is 3.16. The number of hydrogen-bond acceptors (Lipinski definition) is 3. The predicted molar refractivity (Wildman–Crippen MR) is 54.8 cm³/mol. The molecule has 0 saturated heterocycles. The first-order valence-corrected chi connectivity index (χ1v) is 4.78. The van der Waals surface area contributed by atoms with Crippen molar-refractivity contribution in [3.8, 4) is 5.75 Å². The van der Waals surface area contributed by atoms with E-state index in [1.807, 2.05) is 6.92 Å². The van der Waals surface area contributed by atoms with Gasteiger partial charge in [-0.2, -0.15) is 0 Å². The third-order valence-corrected chi connectivity index (χ3v) is 1.90. The number of rotatable bonds is 5. The minimum atomic E-state index is -1.47. The van der Waals surface area contributed by atoms with E-state index >= 15 is 0 Å². The quantitative estimate of drug-likeness (QED) is 0.774. The zero-order chi connectivity index (χ0) is 11.3. The molecule has 0 amide bonds. The Kier molecular flexibility index (Phi) is 4.12. The zero-order valence-electron chi connectivity index (χ0n) is 8.51. The van der Waals surface area contributed by atoms with Gasteiger partial charge in [-0.15, -0.1) is 0 Å². The molecule has 0 saturated carbocycles. The smallest absolute Gasteiger partial charge is 0.337 e. The number of hydrogen-bond donors (Lipinski definition) is 2. The summed E-state index contributed by atoms with van der Waals surface area (Å²) in [7, 11) is 0. The van der Waals surface area contributed by atoms with Crippen molar-refractivity contribution >= 4 is 5.97 Å². The average Bonchev–Trinajstić information content (AvgIpc) is 2.26. The van der Waals surface area contributed by atoms with E-state index in [0.29, 0.717) is 17.9 Å². The van der Waals surface area contributed by atoms with Gasteiger partial charge in [-0.3, -0.25) is 0 Å². The van der Waals surface area contributed by atoms with Crippen LogP contribution in [0.2, 0.25) is 0 Å². The molecule has 4 nitrogen and oxygen atoms in total. The molecule has 4 heteroatoms. The van der Waals surface area contributed by atoms with E-state index in [1.54, 1.807) is 24.3 Å². The first-order chi connectivity index (χ1) is 7.15. The predicted octanol–water partition coefficient (Wildman–Crippen LogP) is 1.59. The molecule has 1 aromatic carbocycles. The molecule has 0 aliphatic carbocycles. The molecule has 0 bridgehead atoms. The van der Waals surface area contributed by atoms with Crippen molar-refractivity contribution in [3.63, 3.8) is 0 Å². The van der Waals surface area contributed by atoms with Crippen LogP contribution in [-0.2, 0) is 4.79 Å². The Balaban J connectivity index is 2.67. The molecule has 15 heavy (non-hydrogen) atoms. The van der Waals surface area contributed by atoms with Crippen LogP contribution in [0.4, 0.5) is 0 Å². The topological polar surface area (TPSA) is 66.8 Å². The summed E-state index contributed by atoms with van der Waals surface area (Å²) in [4.78, 5) is 10.5. The molecule has 0 fully saturated rings. The lowest BCUT2D eigenvalue weighted by Gasteiger charge is -2.07. The van der Waals surface area contributed by atoms with Crippen molar-refractivity contribution in [2.75, 3.05) is 6.61 Å². The largest absolute Gasteiger partial charge is 0.494 e. The molecule has 1 rings (SSSR count). The Morgan fingerprint density at radius 1 is 1.40 bits per heavy atom. The van der Waals surface area contributed by atoms with Gasteiger partial charge in [0.1, 0.15) is 5.75 Å². The number of carbonyl (C=O) groups is 1. The van der Waals surface area contributed by atoms with Gasteiger partial charge in [-0.25, -0.2) is 4.79 Å². The number of ether oxygens (including phenoxy) is 1. The molecular formula is C11H14O4. The van der Waals surface area contributed by atoms with Crippen LogP contribution in [0.1, 0.15) is 25.0 Å². The lowest BCUT2D eigenvalue weighted by molar-refractivity contribution is -0.146. The van der Waals surface area contributed by atoms with Crippen LogP contribution >= 0.6 is 0 Å². The monoisotopic (exact) mass is 210 g/mol. The fourth-order valence-electron chi connectivity index (χ4n) is 1.11. The Hall–Kier alpha value is -1.55. The van der Waals surface area contributed by atoms with Gasteiger partial charge >= 0.3 is 5.97 Å². The van der Waals surface area contributed by atoms with Gasteiger partial charge < -0.3 is 14.9 Å². The van der Waals surface area contributed by atoms with E-state index in [4.69, 9.17) is 9.84 Å². The molecule has 1 atom stereocenters. The van der Waals surface area contributed by atoms with Gasteiger partial charge in [0, 0.05) is 0 Å². The highest BCUT2D eigenvalue weighted by atomic mass is 16.5. The summed E-state index contributed by atoms with van der Waals surface area (Å²) in [5, 5.41) is 17.8. The Labute approximate surface area is 88.1 Å². The Morgan fingerprint density at radius 3 is 2.47 bits per heavy atom. The molecule has 0 aliphatic heterocycles. The Bertz CT molecular complexity index is 318. The maximum absolute atomic E-state index is 10.5. The third kappa shape index (κ3) is 3.25. The Morgan fingerprint density at radius 2 is 2.00 bits per heavy atom. The van der Waals surface area contributed by atoms with Crippen molar-refractivity contribution in [3.05, 3.63) is 29.8 Å². The standard InChI is InChI=1S/C11H14O4/c1-2-7-15-9-5-3-8(4-6-9)10(12)11(13)14/h3-6,10,12H,2,7H2,1H3,(H,13,14). The highest BCUT2D eigenvalue weighted by Crippen LogP contribution is 2.17. The second-order valence-corrected chi connectivity index (χ2v) is 3.16. The van der Waals surface area contributed by atoms with Crippen molar-refractivity contribution in [1.29, 1.82) is 0 Å². The highest BCUT2D eigenvalue weighted by molar-refractivity contribution is 5.74. The summed E-state index contributed by atoms with van der Waals surface area (Å²) in [6.07, 6.45) is -0.551. The molecule has 0 radical (unpaired) electrons. The first kappa shape index (κ1) is 11.5. The van der Waals surface area contributed by atoms with Gasteiger partial charge in [-0.1, -0.05) is 19.1 Å². The van der Waals surface area contributed by atoms with Crippen molar-refractivity contribution < 1.29 is 19.7 Å². The number of aliphatic carboxylic acids is 1. The summed E-state index contributed by atoms with van der Waals surface area (Å²) in [6, 6.07) is 6.39. The lowest BCUT2D eigenvalue weighted by atomic mass is 10.1. The van der Waals surface area contributed by atoms with Crippen molar-refractivity contribution in [2.45, 2.75) is 19.4 Å². The fraction of sp³-hybridized carbons (Fsp3) is 0.364. The van der Waals surface area contributed by atoms with Crippen LogP contribution in [0.5, 0.6) is 5.75 Å². The summed E-state index contributed by atoms with van der Waals surface area (Å²) < 4.78 is 5.32. The van der Waals surface area contributed by atoms with E-state index in [0.717, 1.165) is 6.42 Å². The maximum atomic E-state index is 10.5. The number of carboxylic acids is 1. The minimum Gasteiger partial charge on any atom is -0.494 e. The number of benzene rings is 1. The van der Waals surface area contributed by atoms with Crippen molar-refractivity contribution in [1.82, 2.24) is 0 Å². The van der Waals surface area contributed by atoms with E-state index < -0.39 is 12.1 Å². The average molecular weight is 210 g/mol. The maximum Gasteiger partial charge on any atom is 0.337 e. The van der Waals surface area contributed by atoms with Gasteiger partial charge in [0.15, 0.2) is 6.10 Å². The molecule has 1 unspecified atom stereocenters. The van der Waals surface area contributed by atoms with Crippen LogP contribution in [-0.4, -0.2) is 22.8 Å². The van der Waals surface area contributed by atoms with Gasteiger partial charge in [-0.05, 0) is 24.1 Å². The first-order valence-electron chi connectivity index (χ1n) is 4.78. The summed E-state index contributed by atoms with van der Waals surface area (Å²) in [6.45, 7) is 2.63. The molecule has 2 N–H and O–H groups in total. The highest BCUT2D eigenvalue weighted by Gasteiger charge is 2.15. The van der Waals surface area contributed by atoms with E-state index in [1.165, 1.54) is 0 Å². The number of aliphatic hydroxyl groups excluding tert-OH is 1.